The first-order valence-electron chi connectivity index (χ1n) is 16.8. The Morgan fingerprint density at radius 3 is 1.39 bits per heavy atom. The van der Waals surface area contributed by atoms with Crippen molar-refractivity contribution in [2.24, 2.45) is 0 Å². The predicted molar refractivity (Wildman–Crippen MR) is 210 cm³/mol. The predicted octanol–water partition coefficient (Wildman–Crippen LogP) is 13.6. The van der Waals surface area contributed by atoms with Crippen LogP contribution in [0, 0.1) is 0 Å². The highest BCUT2D eigenvalue weighted by Crippen LogP contribution is 2.40. The first kappa shape index (κ1) is 28.8. The number of nitrogens with zero attached hydrogens (tertiary/aromatic N) is 1. The van der Waals surface area contributed by atoms with Gasteiger partial charge in [0.15, 0.2) is 0 Å². The molecule has 0 aromatic heterocycles. The molecule has 9 aromatic carbocycles. The number of rotatable bonds is 6. The number of hydrogen-bond donors (Lipinski definition) is 0. The minimum absolute atomic E-state index is 1.12. The maximum Gasteiger partial charge on any atom is 0.0462 e. The lowest BCUT2D eigenvalue weighted by Gasteiger charge is -2.26. The lowest BCUT2D eigenvalue weighted by Crippen LogP contribution is -2.09. The van der Waals surface area contributed by atoms with Gasteiger partial charge in [-0.25, -0.2) is 0 Å². The third-order valence-corrected chi connectivity index (χ3v) is 9.67. The molecule has 1 heteroatoms. The maximum atomic E-state index is 2.33. The summed E-state index contributed by atoms with van der Waals surface area (Å²) in [5, 5.41) is 7.69. The Balaban J connectivity index is 1.08. The Kier molecular flexibility index (Phi) is 7.22. The fourth-order valence-corrected chi connectivity index (χ4v) is 7.22. The third-order valence-electron chi connectivity index (χ3n) is 9.67. The van der Waals surface area contributed by atoms with E-state index in [0.717, 1.165) is 17.1 Å². The fraction of sp³-hybridized carbons (Fsp3) is 0. The summed E-state index contributed by atoms with van der Waals surface area (Å²) >= 11 is 0. The van der Waals surface area contributed by atoms with Crippen LogP contribution in [0.2, 0.25) is 0 Å². The van der Waals surface area contributed by atoms with E-state index in [1.807, 2.05) is 0 Å². The van der Waals surface area contributed by atoms with Crippen LogP contribution in [0.5, 0.6) is 0 Å². The molecule has 0 N–H and O–H groups in total. The molecule has 0 aliphatic carbocycles. The topological polar surface area (TPSA) is 3.24 Å². The van der Waals surface area contributed by atoms with Crippen LogP contribution in [-0.4, -0.2) is 0 Å². The van der Waals surface area contributed by atoms with E-state index in [-0.39, 0.29) is 0 Å². The molecule has 0 atom stereocenters. The van der Waals surface area contributed by atoms with Crippen molar-refractivity contribution in [3.63, 3.8) is 0 Å². The summed E-state index contributed by atoms with van der Waals surface area (Å²) in [6, 6.07) is 72.3. The summed E-state index contributed by atoms with van der Waals surface area (Å²) in [6.07, 6.45) is 0. The minimum atomic E-state index is 1.12. The number of fused-ring (bicyclic) bond motifs is 5. The Labute approximate surface area is 287 Å². The quantitative estimate of drug-likeness (QED) is 0.167. The zero-order chi connectivity index (χ0) is 32.6. The second kappa shape index (κ2) is 12.3. The second-order valence-corrected chi connectivity index (χ2v) is 12.6. The number of hydrogen-bond acceptors (Lipinski definition) is 1. The molecule has 0 bridgehead atoms. The Morgan fingerprint density at radius 2 is 0.714 bits per heavy atom. The molecule has 0 aliphatic heterocycles. The Hall–Kier alpha value is -6.44. The van der Waals surface area contributed by atoms with Crippen LogP contribution in [0.1, 0.15) is 0 Å². The maximum absolute atomic E-state index is 2.33. The molecule has 0 heterocycles. The standard InChI is InChI=1S/C48H33N/c1-3-10-34(11-4-1)35-18-20-36(21-19-35)37-22-28-42(29-23-37)49(41-14-5-2-6-15-41)43-30-24-39(25-31-43)45-17-9-13-40-27-32-46-44-16-8-7-12-38(44)26-33-47(46)48(40)45/h1-33H. The molecule has 0 fully saturated rings. The van der Waals surface area contributed by atoms with Crippen LogP contribution in [-0.2, 0) is 0 Å². The van der Waals surface area contributed by atoms with Gasteiger partial charge in [-0.2, -0.15) is 0 Å². The second-order valence-electron chi connectivity index (χ2n) is 12.6. The zero-order valence-electron chi connectivity index (χ0n) is 27.0. The van der Waals surface area contributed by atoms with Gasteiger partial charge in [-0.15, -0.1) is 0 Å². The summed E-state index contributed by atoms with van der Waals surface area (Å²) in [5.74, 6) is 0. The van der Waals surface area contributed by atoms with E-state index in [0.29, 0.717) is 0 Å². The Bertz CT molecular complexity index is 2550. The lowest BCUT2D eigenvalue weighted by atomic mass is 9.91. The van der Waals surface area contributed by atoms with Gasteiger partial charge in [-0.05, 0) is 102 Å². The van der Waals surface area contributed by atoms with E-state index >= 15 is 0 Å². The van der Waals surface area contributed by atoms with Crippen LogP contribution in [0.4, 0.5) is 17.1 Å². The van der Waals surface area contributed by atoms with Crippen molar-refractivity contribution in [2.75, 3.05) is 4.90 Å². The monoisotopic (exact) mass is 623 g/mol. The van der Waals surface area contributed by atoms with E-state index in [9.17, 15) is 0 Å². The van der Waals surface area contributed by atoms with Gasteiger partial charge in [0.2, 0.25) is 0 Å². The molecule has 0 aliphatic rings. The van der Waals surface area contributed by atoms with Gasteiger partial charge < -0.3 is 4.90 Å². The van der Waals surface area contributed by atoms with Crippen molar-refractivity contribution in [2.45, 2.75) is 0 Å². The van der Waals surface area contributed by atoms with Crippen LogP contribution < -0.4 is 4.90 Å². The van der Waals surface area contributed by atoms with Gasteiger partial charge in [0.05, 0.1) is 0 Å². The summed E-state index contributed by atoms with van der Waals surface area (Å²) in [7, 11) is 0. The third kappa shape index (κ3) is 5.32. The number of benzene rings is 9. The van der Waals surface area contributed by atoms with Crippen molar-refractivity contribution >= 4 is 49.4 Å². The number of anilines is 3. The summed E-state index contributed by atoms with van der Waals surface area (Å²) in [5.41, 5.74) is 10.7. The van der Waals surface area contributed by atoms with Gasteiger partial charge in [0, 0.05) is 17.1 Å². The molecule has 49 heavy (non-hydrogen) atoms. The van der Waals surface area contributed by atoms with E-state index in [2.05, 4.69) is 205 Å². The largest absolute Gasteiger partial charge is 0.311 e. The smallest absolute Gasteiger partial charge is 0.0462 e. The number of para-hydroxylation sites is 1. The molecule has 9 aromatic rings. The summed E-state index contributed by atoms with van der Waals surface area (Å²) < 4.78 is 0. The fourth-order valence-electron chi connectivity index (χ4n) is 7.22. The van der Waals surface area contributed by atoms with Crippen LogP contribution in [0.3, 0.4) is 0 Å². The molecular weight excluding hydrogens is 591 g/mol. The lowest BCUT2D eigenvalue weighted by molar-refractivity contribution is 1.28. The molecule has 9 rings (SSSR count). The molecule has 230 valence electrons. The molecular formula is C48H33N. The molecule has 0 amide bonds. The van der Waals surface area contributed by atoms with Crippen LogP contribution in [0.15, 0.2) is 200 Å². The van der Waals surface area contributed by atoms with E-state index < -0.39 is 0 Å². The highest BCUT2D eigenvalue weighted by molar-refractivity contribution is 6.20. The van der Waals surface area contributed by atoms with Gasteiger partial charge in [-0.3, -0.25) is 0 Å². The average Bonchev–Trinajstić information content (AvgIpc) is 3.19. The summed E-state index contributed by atoms with van der Waals surface area (Å²) in [4.78, 5) is 2.33. The van der Waals surface area contributed by atoms with Crippen LogP contribution >= 0.6 is 0 Å². The van der Waals surface area contributed by atoms with Gasteiger partial charge >= 0.3 is 0 Å². The SMILES string of the molecule is c1ccc(-c2ccc(-c3ccc(N(c4ccccc4)c4ccc(-c5cccc6ccc7c8ccccc8ccc7c56)cc4)cc3)cc2)cc1. The Morgan fingerprint density at radius 1 is 0.245 bits per heavy atom. The van der Waals surface area contributed by atoms with Gasteiger partial charge in [0.25, 0.3) is 0 Å². The van der Waals surface area contributed by atoms with Crippen molar-refractivity contribution in [1.29, 1.82) is 0 Å². The minimum Gasteiger partial charge on any atom is -0.311 e. The molecule has 1 nitrogen and oxygen atoms in total. The van der Waals surface area contributed by atoms with E-state index in [4.69, 9.17) is 0 Å². The highest BCUT2D eigenvalue weighted by Gasteiger charge is 2.15. The van der Waals surface area contributed by atoms with Crippen molar-refractivity contribution < 1.29 is 0 Å². The first-order valence-corrected chi connectivity index (χ1v) is 16.8. The normalized spacial score (nSPS) is 11.3. The van der Waals surface area contributed by atoms with Gasteiger partial charge in [0.1, 0.15) is 0 Å². The molecule has 0 unspecified atom stereocenters. The summed E-state index contributed by atoms with van der Waals surface area (Å²) in [6.45, 7) is 0. The van der Waals surface area contributed by atoms with E-state index in [1.165, 1.54) is 65.7 Å². The molecule has 0 saturated carbocycles. The molecule has 0 radical (unpaired) electrons. The van der Waals surface area contributed by atoms with E-state index in [1.54, 1.807) is 0 Å². The average molecular weight is 624 g/mol. The van der Waals surface area contributed by atoms with Crippen LogP contribution in [0.25, 0.3) is 65.7 Å². The highest BCUT2D eigenvalue weighted by atomic mass is 15.1. The van der Waals surface area contributed by atoms with Crippen molar-refractivity contribution in [3.8, 4) is 33.4 Å². The van der Waals surface area contributed by atoms with Gasteiger partial charge in [-0.1, -0.05) is 164 Å². The van der Waals surface area contributed by atoms with Crippen molar-refractivity contribution in [1.82, 2.24) is 0 Å². The molecule has 0 saturated heterocycles. The molecule has 0 spiro atoms. The van der Waals surface area contributed by atoms with Crippen molar-refractivity contribution in [3.05, 3.63) is 200 Å². The zero-order valence-corrected chi connectivity index (χ0v) is 27.0. The first-order chi connectivity index (χ1) is 24.3.